The summed E-state index contributed by atoms with van der Waals surface area (Å²) >= 11 is 1.65. The van der Waals surface area contributed by atoms with E-state index in [9.17, 15) is 0 Å². The summed E-state index contributed by atoms with van der Waals surface area (Å²) in [5, 5.41) is 13.8. The summed E-state index contributed by atoms with van der Waals surface area (Å²) in [6, 6.07) is 1.97. The Morgan fingerprint density at radius 1 is 1.35 bits per heavy atom. The molecule has 0 atom stereocenters. The van der Waals surface area contributed by atoms with E-state index in [4.69, 9.17) is 4.42 Å². The molecule has 5 heteroatoms. The lowest BCUT2D eigenvalue weighted by Gasteiger charge is -1.96. The van der Waals surface area contributed by atoms with E-state index in [1.54, 1.807) is 17.6 Å². The van der Waals surface area contributed by atoms with Gasteiger partial charge in [0.15, 0.2) is 5.01 Å². The maximum absolute atomic E-state index is 5.40. The molecule has 0 aliphatic rings. The largest absolute Gasteiger partial charge is 0.469 e. The van der Waals surface area contributed by atoms with E-state index in [2.05, 4.69) is 29.4 Å². The summed E-state index contributed by atoms with van der Waals surface area (Å²) in [5.74, 6) is 0.986. The molecule has 2 heterocycles. The van der Waals surface area contributed by atoms with Crippen molar-refractivity contribution in [3.8, 4) is 10.6 Å². The highest BCUT2D eigenvalue weighted by Crippen LogP contribution is 2.28. The topological polar surface area (TPSA) is 51.0 Å². The molecule has 0 bridgehead atoms. The van der Waals surface area contributed by atoms with E-state index in [1.165, 1.54) is 0 Å². The van der Waals surface area contributed by atoms with Crippen LogP contribution in [-0.2, 0) is 12.8 Å². The van der Waals surface area contributed by atoms with Crippen molar-refractivity contribution in [2.75, 3.05) is 13.1 Å². The van der Waals surface area contributed by atoms with Gasteiger partial charge in [-0.15, -0.1) is 10.2 Å². The lowest BCUT2D eigenvalue weighted by atomic mass is 10.2. The molecule has 0 spiro atoms. The number of rotatable bonds is 6. The minimum absolute atomic E-state index is 0.884. The first-order valence-electron chi connectivity index (χ1n) is 5.95. The van der Waals surface area contributed by atoms with Crippen molar-refractivity contribution in [2.24, 2.45) is 0 Å². The van der Waals surface area contributed by atoms with Crippen LogP contribution in [0.2, 0.25) is 0 Å². The normalized spacial score (nSPS) is 10.9. The van der Waals surface area contributed by atoms with Gasteiger partial charge in [-0.25, -0.2) is 0 Å². The molecule has 2 aromatic rings. The van der Waals surface area contributed by atoms with Crippen LogP contribution >= 0.6 is 11.3 Å². The number of aromatic nitrogens is 2. The van der Waals surface area contributed by atoms with Crippen molar-refractivity contribution in [3.63, 3.8) is 0 Å². The summed E-state index contributed by atoms with van der Waals surface area (Å²) < 4.78 is 5.40. The Bertz CT molecular complexity index is 464. The first-order valence-corrected chi connectivity index (χ1v) is 6.76. The third kappa shape index (κ3) is 2.92. The molecule has 0 radical (unpaired) electrons. The van der Waals surface area contributed by atoms with Crippen LogP contribution in [0.1, 0.15) is 24.6 Å². The molecule has 0 aliphatic heterocycles. The second-order valence-corrected chi connectivity index (χ2v) is 4.78. The standard InChI is InChI=1S/C12H17N3OS/c1-3-10-9(6-8-16-10)12-15-14-11(17-12)5-7-13-4-2/h6,8,13H,3-5,7H2,1-2H3. The summed E-state index contributed by atoms with van der Waals surface area (Å²) in [6.45, 7) is 6.13. The van der Waals surface area contributed by atoms with Crippen LogP contribution in [0.4, 0.5) is 0 Å². The van der Waals surface area contributed by atoms with Crippen LogP contribution in [0.15, 0.2) is 16.7 Å². The summed E-state index contributed by atoms with van der Waals surface area (Å²) in [7, 11) is 0. The Morgan fingerprint density at radius 3 is 3.00 bits per heavy atom. The number of likely N-dealkylation sites (N-methyl/N-ethyl adjacent to an activating group) is 1. The molecule has 17 heavy (non-hydrogen) atoms. The van der Waals surface area contributed by atoms with Gasteiger partial charge in [0, 0.05) is 19.4 Å². The number of furan rings is 1. The van der Waals surface area contributed by atoms with E-state index in [0.29, 0.717) is 0 Å². The SMILES string of the molecule is CCNCCc1nnc(-c2ccoc2CC)s1. The van der Waals surface area contributed by atoms with E-state index < -0.39 is 0 Å². The number of nitrogens with zero attached hydrogens (tertiary/aromatic N) is 2. The summed E-state index contributed by atoms with van der Waals surface area (Å²) in [6.07, 6.45) is 3.54. The molecule has 0 fully saturated rings. The highest BCUT2D eigenvalue weighted by atomic mass is 32.1. The minimum Gasteiger partial charge on any atom is -0.469 e. The van der Waals surface area contributed by atoms with E-state index in [0.717, 1.165) is 47.3 Å². The van der Waals surface area contributed by atoms with Gasteiger partial charge < -0.3 is 9.73 Å². The van der Waals surface area contributed by atoms with E-state index in [-0.39, 0.29) is 0 Å². The van der Waals surface area contributed by atoms with Crippen molar-refractivity contribution in [1.82, 2.24) is 15.5 Å². The van der Waals surface area contributed by atoms with Gasteiger partial charge in [0.2, 0.25) is 0 Å². The average molecular weight is 251 g/mol. The van der Waals surface area contributed by atoms with Gasteiger partial charge in [-0.1, -0.05) is 25.2 Å². The van der Waals surface area contributed by atoms with Gasteiger partial charge in [0.1, 0.15) is 10.8 Å². The third-order valence-electron chi connectivity index (χ3n) is 2.53. The molecule has 0 aliphatic carbocycles. The van der Waals surface area contributed by atoms with Crippen molar-refractivity contribution in [3.05, 3.63) is 23.1 Å². The highest BCUT2D eigenvalue weighted by molar-refractivity contribution is 7.14. The molecule has 0 amide bonds. The van der Waals surface area contributed by atoms with Gasteiger partial charge >= 0.3 is 0 Å². The monoisotopic (exact) mass is 251 g/mol. The number of hydrogen-bond donors (Lipinski definition) is 1. The van der Waals surface area contributed by atoms with Crippen LogP contribution in [0.5, 0.6) is 0 Å². The maximum atomic E-state index is 5.40. The Labute approximate surface area is 105 Å². The van der Waals surface area contributed by atoms with E-state index >= 15 is 0 Å². The van der Waals surface area contributed by atoms with Crippen LogP contribution < -0.4 is 5.32 Å². The highest BCUT2D eigenvalue weighted by Gasteiger charge is 2.12. The summed E-state index contributed by atoms with van der Waals surface area (Å²) in [5.41, 5.74) is 1.08. The van der Waals surface area contributed by atoms with Crippen LogP contribution in [0.3, 0.4) is 0 Å². The zero-order chi connectivity index (χ0) is 12.1. The molecule has 92 valence electrons. The quantitative estimate of drug-likeness (QED) is 0.801. The van der Waals surface area contributed by atoms with Crippen molar-refractivity contribution in [1.29, 1.82) is 0 Å². The predicted octanol–water partition coefficient (Wildman–Crippen LogP) is 2.51. The average Bonchev–Trinajstić information content (AvgIpc) is 2.96. The fourth-order valence-corrected chi connectivity index (χ4v) is 2.52. The van der Waals surface area contributed by atoms with Crippen LogP contribution in [-0.4, -0.2) is 23.3 Å². The molecule has 1 N–H and O–H groups in total. The van der Waals surface area contributed by atoms with Gasteiger partial charge in [-0.2, -0.15) is 0 Å². The molecule has 0 unspecified atom stereocenters. The fraction of sp³-hybridized carbons (Fsp3) is 0.500. The molecule has 0 saturated carbocycles. The zero-order valence-corrected chi connectivity index (χ0v) is 11.0. The first-order chi connectivity index (χ1) is 8.35. The second kappa shape index (κ2) is 5.93. The number of nitrogens with one attached hydrogen (secondary N) is 1. The molecule has 4 nitrogen and oxygen atoms in total. The second-order valence-electron chi connectivity index (χ2n) is 3.72. The van der Waals surface area contributed by atoms with Crippen molar-refractivity contribution < 1.29 is 4.42 Å². The van der Waals surface area contributed by atoms with Gasteiger partial charge in [0.05, 0.1) is 11.8 Å². The van der Waals surface area contributed by atoms with Crippen molar-refractivity contribution in [2.45, 2.75) is 26.7 Å². The summed E-state index contributed by atoms with van der Waals surface area (Å²) in [4.78, 5) is 0. The fourth-order valence-electron chi connectivity index (χ4n) is 1.64. The van der Waals surface area contributed by atoms with Crippen LogP contribution in [0.25, 0.3) is 10.6 Å². The smallest absolute Gasteiger partial charge is 0.151 e. The third-order valence-corrected chi connectivity index (χ3v) is 3.55. The molecule has 0 saturated heterocycles. The lowest BCUT2D eigenvalue weighted by Crippen LogP contribution is -2.15. The maximum Gasteiger partial charge on any atom is 0.151 e. The minimum atomic E-state index is 0.884. The van der Waals surface area contributed by atoms with E-state index in [1.807, 2.05) is 6.07 Å². The molecule has 0 aromatic carbocycles. The first kappa shape index (κ1) is 12.3. The Morgan fingerprint density at radius 2 is 2.24 bits per heavy atom. The number of hydrogen-bond acceptors (Lipinski definition) is 5. The number of aryl methyl sites for hydroxylation is 1. The van der Waals surface area contributed by atoms with Gasteiger partial charge in [-0.3, -0.25) is 0 Å². The molecular weight excluding hydrogens is 234 g/mol. The van der Waals surface area contributed by atoms with Gasteiger partial charge in [0.25, 0.3) is 0 Å². The Kier molecular flexibility index (Phi) is 4.28. The van der Waals surface area contributed by atoms with Crippen molar-refractivity contribution >= 4 is 11.3 Å². The van der Waals surface area contributed by atoms with Crippen LogP contribution in [0, 0.1) is 0 Å². The molecular formula is C12H17N3OS. The zero-order valence-electron chi connectivity index (χ0n) is 10.2. The Hall–Kier alpha value is -1.20. The molecule has 2 rings (SSSR count). The Balaban J connectivity index is 2.07. The molecule has 2 aromatic heterocycles. The van der Waals surface area contributed by atoms with Gasteiger partial charge in [-0.05, 0) is 12.6 Å². The lowest BCUT2D eigenvalue weighted by molar-refractivity contribution is 0.517. The predicted molar refractivity (Wildman–Crippen MR) is 69.2 cm³/mol.